The lowest BCUT2D eigenvalue weighted by Crippen LogP contribution is -2.25. The first kappa shape index (κ1) is 18.1. The average molecular weight is 351 g/mol. The van der Waals surface area contributed by atoms with E-state index in [9.17, 15) is 17.6 Å². The third kappa shape index (κ3) is 5.75. The molecule has 0 saturated carbocycles. The smallest absolute Gasteiger partial charge is 0.306 e. The van der Waals surface area contributed by atoms with Gasteiger partial charge in [0.1, 0.15) is 12.4 Å². The Morgan fingerprint density at radius 3 is 2.38 bits per heavy atom. The van der Waals surface area contributed by atoms with Gasteiger partial charge in [0.2, 0.25) is 10.0 Å². The van der Waals surface area contributed by atoms with Crippen LogP contribution in [0.15, 0.2) is 59.5 Å². The molecular formula is C17H18FNO4S. The maximum absolute atomic E-state index is 12.8. The molecule has 0 heterocycles. The number of rotatable bonds is 8. The Morgan fingerprint density at radius 2 is 1.71 bits per heavy atom. The second-order valence-electron chi connectivity index (χ2n) is 5.10. The summed E-state index contributed by atoms with van der Waals surface area (Å²) in [6.07, 6.45) is 0.423. The lowest BCUT2D eigenvalue weighted by Gasteiger charge is -2.07. The van der Waals surface area contributed by atoms with Crippen LogP contribution in [0, 0.1) is 5.82 Å². The van der Waals surface area contributed by atoms with Gasteiger partial charge >= 0.3 is 5.97 Å². The van der Waals surface area contributed by atoms with Gasteiger partial charge in [-0.05, 0) is 36.2 Å². The van der Waals surface area contributed by atoms with Crippen molar-refractivity contribution in [3.63, 3.8) is 0 Å². The molecular weight excluding hydrogens is 333 g/mol. The summed E-state index contributed by atoms with van der Waals surface area (Å²) in [5, 5.41) is 0. The van der Waals surface area contributed by atoms with Crippen molar-refractivity contribution in [2.75, 3.05) is 6.54 Å². The molecule has 2 aromatic rings. The number of esters is 1. The average Bonchev–Trinajstić information content (AvgIpc) is 2.58. The number of benzene rings is 2. The van der Waals surface area contributed by atoms with E-state index in [-0.39, 0.29) is 30.4 Å². The van der Waals surface area contributed by atoms with Crippen LogP contribution in [-0.2, 0) is 26.2 Å². The summed E-state index contributed by atoms with van der Waals surface area (Å²) >= 11 is 0. The van der Waals surface area contributed by atoms with E-state index in [0.717, 1.165) is 17.7 Å². The molecule has 5 nitrogen and oxygen atoms in total. The maximum atomic E-state index is 12.8. The summed E-state index contributed by atoms with van der Waals surface area (Å²) < 4.78 is 44.2. The van der Waals surface area contributed by atoms with Gasteiger partial charge in [0, 0.05) is 13.0 Å². The number of halogens is 1. The monoisotopic (exact) mass is 351 g/mol. The standard InChI is InChI=1S/C17H18FNO4S/c18-15-8-10-16(11-9-15)24(21,22)19-12-4-7-17(20)23-13-14-5-2-1-3-6-14/h1-3,5-6,8-11,19H,4,7,12-13H2. The van der Waals surface area contributed by atoms with E-state index in [1.807, 2.05) is 30.3 Å². The van der Waals surface area contributed by atoms with E-state index in [1.165, 1.54) is 12.1 Å². The molecule has 0 aliphatic carbocycles. The van der Waals surface area contributed by atoms with Crippen LogP contribution >= 0.6 is 0 Å². The van der Waals surface area contributed by atoms with Gasteiger partial charge in [-0.15, -0.1) is 0 Å². The van der Waals surface area contributed by atoms with Gasteiger partial charge < -0.3 is 4.74 Å². The van der Waals surface area contributed by atoms with Crippen LogP contribution in [0.1, 0.15) is 18.4 Å². The first-order valence-electron chi connectivity index (χ1n) is 7.42. The molecule has 0 spiro atoms. The van der Waals surface area contributed by atoms with Crippen molar-refractivity contribution in [2.24, 2.45) is 0 Å². The van der Waals surface area contributed by atoms with Crippen molar-refractivity contribution >= 4 is 16.0 Å². The minimum absolute atomic E-state index is 0.0180. The Bertz CT molecular complexity index is 761. The Labute approximate surface area is 140 Å². The number of carbonyl (C=O) groups is 1. The number of nitrogens with one attached hydrogen (secondary N) is 1. The van der Waals surface area contributed by atoms with Crippen molar-refractivity contribution in [2.45, 2.75) is 24.3 Å². The summed E-state index contributed by atoms with van der Waals surface area (Å²) in [5.74, 6) is -0.894. The zero-order valence-electron chi connectivity index (χ0n) is 12.9. The van der Waals surface area contributed by atoms with Crippen LogP contribution in [0.5, 0.6) is 0 Å². The van der Waals surface area contributed by atoms with Crippen LogP contribution < -0.4 is 4.72 Å². The first-order chi connectivity index (χ1) is 11.5. The van der Waals surface area contributed by atoms with Gasteiger partial charge in [-0.3, -0.25) is 4.79 Å². The topological polar surface area (TPSA) is 72.5 Å². The Balaban J connectivity index is 1.70. The molecule has 2 rings (SSSR count). The molecule has 128 valence electrons. The van der Waals surface area contributed by atoms with Crippen LogP contribution in [-0.4, -0.2) is 20.9 Å². The molecule has 0 fully saturated rings. The highest BCUT2D eigenvalue weighted by Crippen LogP contribution is 2.09. The highest BCUT2D eigenvalue weighted by atomic mass is 32.2. The van der Waals surface area contributed by atoms with E-state index in [1.54, 1.807) is 0 Å². The van der Waals surface area contributed by atoms with Gasteiger partial charge in [-0.1, -0.05) is 30.3 Å². The zero-order chi connectivity index (χ0) is 17.4. The van der Waals surface area contributed by atoms with Crippen LogP contribution in [0.3, 0.4) is 0 Å². The fourth-order valence-electron chi connectivity index (χ4n) is 1.95. The predicted molar refractivity (Wildman–Crippen MR) is 87.1 cm³/mol. The third-order valence-corrected chi connectivity index (χ3v) is 4.69. The number of carbonyl (C=O) groups excluding carboxylic acids is 1. The van der Waals surface area contributed by atoms with Crippen LogP contribution in [0.25, 0.3) is 0 Å². The lowest BCUT2D eigenvalue weighted by molar-refractivity contribution is -0.145. The van der Waals surface area contributed by atoms with Gasteiger partial charge in [0.15, 0.2) is 0 Å². The molecule has 24 heavy (non-hydrogen) atoms. The second kappa shape index (κ2) is 8.56. The lowest BCUT2D eigenvalue weighted by atomic mass is 10.2. The molecule has 0 atom stereocenters. The van der Waals surface area contributed by atoms with Gasteiger partial charge in [-0.2, -0.15) is 0 Å². The molecule has 0 saturated heterocycles. The molecule has 0 bridgehead atoms. The molecule has 0 aliphatic heterocycles. The highest BCUT2D eigenvalue weighted by Gasteiger charge is 2.13. The number of ether oxygens (including phenoxy) is 1. The third-order valence-electron chi connectivity index (χ3n) is 3.22. The SMILES string of the molecule is O=C(CCCNS(=O)(=O)c1ccc(F)cc1)OCc1ccccc1. The quantitative estimate of drug-likeness (QED) is 0.586. The number of sulfonamides is 1. The molecule has 0 aromatic heterocycles. The summed E-state index contributed by atoms with van der Waals surface area (Å²) in [6, 6.07) is 13.8. The van der Waals surface area contributed by atoms with E-state index in [0.29, 0.717) is 6.42 Å². The number of hydrogen-bond donors (Lipinski definition) is 1. The molecule has 7 heteroatoms. The normalized spacial score (nSPS) is 11.2. The largest absolute Gasteiger partial charge is 0.461 e. The van der Waals surface area contributed by atoms with Gasteiger partial charge in [-0.25, -0.2) is 17.5 Å². The van der Waals surface area contributed by atoms with E-state index in [2.05, 4.69) is 4.72 Å². The van der Waals surface area contributed by atoms with Crippen molar-refractivity contribution in [3.05, 3.63) is 66.0 Å². The Kier molecular flexibility index (Phi) is 6.45. The summed E-state index contributed by atoms with van der Waals surface area (Å²) in [6.45, 7) is 0.293. The molecule has 0 radical (unpaired) electrons. The highest BCUT2D eigenvalue weighted by molar-refractivity contribution is 7.89. The summed E-state index contributed by atoms with van der Waals surface area (Å²) in [4.78, 5) is 11.6. The molecule has 0 unspecified atom stereocenters. The predicted octanol–water partition coefficient (Wildman–Crippen LogP) is 2.63. The minimum atomic E-state index is -3.70. The van der Waals surface area contributed by atoms with Gasteiger partial charge in [0.05, 0.1) is 4.90 Å². The van der Waals surface area contributed by atoms with E-state index >= 15 is 0 Å². The minimum Gasteiger partial charge on any atom is -0.461 e. The molecule has 2 aromatic carbocycles. The van der Waals surface area contributed by atoms with Crippen LogP contribution in [0.4, 0.5) is 4.39 Å². The zero-order valence-corrected chi connectivity index (χ0v) is 13.8. The van der Waals surface area contributed by atoms with Gasteiger partial charge in [0.25, 0.3) is 0 Å². The van der Waals surface area contributed by atoms with Crippen molar-refractivity contribution < 1.29 is 22.3 Å². The van der Waals surface area contributed by atoms with Crippen LogP contribution in [0.2, 0.25) is 0 Å². The fraction of sp³-hybridized carbons (Fsp3) is 0.235. The van der Waals surface area contributed by atoms with Crippen molar-refractivity contribution in [3.8, 4) is 0 Å². The number of hydrogen-bond acceptors (Lipinski definition) is 4. The van der Waals surface area contributed by atoms with E-state index < -0.39 is 15.8 Å². The van der Waals surface area contributed by atoms with Crippen molar-refractivity contribution in [1.82, 2.24) is 4.72 Å². The van der Waals surface area contributed by atoms with E-state index in [4.69, 9.17) is 4.74 Å². The van der Waals surface area contributed by atoms with Crippen molar-refractivity contribution in [1.29, 1.82) is 0 Å². The second-order valence-corrected chi connectivity index (χ2v) is 6.87. The maximum Gasteiger partial charge on any atom is 0.306 e. The summed E-state index contributed by atoms with van der Waals surface area (Å²) in [7, 11) is -3.70. The summed E-state index contributed by atoms with van der Waals surface area (Å²) in [5.41, 5.74) is 0.892. The fourth-order valence-corrected chi connectivity index (χ4v) is 3.02. The first-order valence-corrected chi connectivity index (χ1v) is 8.90. The molecule has 0 amide bonds. The molecule has 1 N–H and O–H groups in total. The Morgan fingerprint density at radius 1 is 1.04 bits per heavy atom. The Hall–Kier alpha value is -2.25. The molecule has 0 aliphatic rings.